The van der Waals surface area contributed by atoms with Gasteiger partial charge in [-0.25, -0.2) is 19.4 Å². The average Bonchev–Trinajstić information content (AvgIpc) is 3.67. The van der Waals surface area contributed by atoms with Gasteiger partial charge in [0.15, 0.2) is 23.2 Å². The molecule has 2 aromatic rings. The molecule has 1 unspecified atom stereocenters. The summed E-state index contributed by atoms with van der Waals surface area (Å²) in [4.78, 5) is 22.6. The van der Waals surface area contributed by atoms with Gasteiger partial charge in [-0.3, -0.25) is 4.90 Å². The van der Waals surface area contributed by atoms with E-state index in [-0.39, 0.29) is 17.4 Å². The molecule has 2 aromatic heterocycles. The first-order chi connectivity index (χ1) is 17.4. The standard InChI is InChI=1S/C27H36FN7O/c1-27(2)17-35(16-18-8-9-18)25-23(36-27)12-20(14-30-25)32-26-31-15-21(28)24(33-26)29-13-19-6-5-11-34-10-4-3-7-22(19)34/h12-15,18-19,22H,3-11,16-17H2,1-2H3,(H,31,32,33)/t19?,22-/m1/s1. The monoisotopic (exact) mass is 493 g/mol. The second-order valence-electron chi connectivity index (χ2n) is 11.4. The Balaban J connectivity index is 1.18. The number of ether oxygens (including phenoxy) is 1. The average molecular weight is 494 g/mol. The van der Waals surface area contributed by atoms with Gasteiger partial charge >= 0.3 is 0 Å². The number of nitrogens with zero attached hydrogens (tertiary/aromatic N) is 6. The molecule has 0 spiro atoms. The van der Waals surface area contributed by atoms with Crippen LogP contribution in [0.1, 0.15) is 58.8 Å². The van der Waals surface area contributed by atoms with E-state index in [1.54, 1.807) is 6.20 Å². The van der Waals surface area contributed by atoms with Crippen molar-refractivity contribution in [3.05, 3.63) is 24.3 Å². The number of aliphatic imine (C=N–C) groups is 1. The Morgan fingerprint density at radius 3 is 2.86 bits per heavy atom. The molecule has 2 atom stereocenters. The van der Waals surface area contributed by atoms with Gasteiger partial charge in [0.1, 0.15) is 5.60 Å². The minimum absolute atomic E-state index is 0.0688. The van der Waals surface area contributed by atoms with E-state index in [2.05, 4.69) is 43.9 Å². The van der Waals surface area contributed by atoms with Crippen LogP contribution in [0, 0.1) is 17.7 Å². The molecule has 4 aliphatic rings. The molecule has 6 rings (SSSR count). The highest BCUT2D eigenvalue weighted by Gasteiger charge is 2.36. The maximum absolute atomic E-state index is 14.5. The van der Waals surface area contributed by atoms with Crippen molar-refractivity contribution in [1.82, 2.24) is 19.9 Å². The van der Waals surface area contributed by atoms with E-state index in [1.165, 1.54) is 51.4 Å². The number of hydrogen-bond donors (Lipinski definition) is 1. The van der Waals surface area contributed by atoms with Gasteiger partial charge in [0.2, 0.25) is 5.95 Å². The minimum atomic E-state index is -0.516. The van der Waals surface area contributed by atoms with E-state index < -0.39 is 5.82 Å². The third-order valence-electron chi connectivity index (χ3n) is 7.78. The fraction of sp³-hybridized carbons (Fsp3) is 0.630. The van der Waals surface area contributed by atoms with Gasteiger partial charge in [0.25, 0.3) is 0 Å². The first-order valence-electron chi connectivity index (χ1n) is 13.5. The van der Waals surface area contributed by atoms with Crippen molar-refractivity contribution in [2.24, 2.45) is 16.8 Å². The maximum Gasteiger partial charge on any atom is 0.229 e. The predicted molar refractivity (Wildman–Crippen MR) is 139 cm³/mol. The summed E-state index contributed by atoms with van der Waals surface area (Å²) in [5.74, 6) is 2.56. The third kappa shape index (κ3) is 5.16. The Morgan fingerprint density at radius 2 is 2.00 bits per heavy atom. The highest BCUT2D eigenvalue weighted by atomic mass is 19.1. The van der Waals surface area contributed by atoms with Crippen molar-refractivity contribution in [3.8, 4) is 5.75 Å². The molecule has 0 amide bonds. The summed E-state index contributed by atoms with van der Waals surface area (Å²) < 4.78 is 20.8. The van der Waals surface area contributed by atoms with Crippen LogP contribution >= 0.6 is 0 Å². The Kier molecular flexibility index (Phi) is 6.27. The second-order valence-corrected chi connectivity index (χ2v) is 11.4. The molecule has 36 heavy (non-hydrogen) atoms. The minimum Gasteiger partial charge on any atom is -0.482 e. The molecule has 0 bridgehead atoms. The zero-order valence-electron chi connectivity index (χ0n) is 21.3. The van der Waals surface area contributed by atoms with Crippen molar-refractivity contribution < 1.29 is 9.13 Å². The van der Waals surface area contributed by atoms with Gasteiger partial charge in [-0.2, -0.15) is 4.98 Å². The van der Waals surface area contributed by atoms with E-state index in [0.717, 1.165) is 43.4 Å². The van der Waals surface area contributed by atoms with Crippen molar-refractivity contribution in [1.29, 1.82) is 0 Å². The molecule has 0 radical (unpaired) electrons. The van der Waals surface area contributed by atoms with Gasteiger partial charge in [-0.05, 0) is 71.4 Å². The molecule has 9 heteroatoms. The number of pyridine rings is 1. The Morgan fingerprint density at radius 1 is 1.14 bits per heavy atom. The van der Waals surface area contributed by atoms with E-state index in [1.807, 2.05) is 12.3 Å². The zero-order chi connectivity index (χ0) is 24.7. The second kappa shape index (κ2) is 9.57. The molecular formula is C27H36FN7O. The topological polar surface area (TPSA) is 78.8 Å². The smallest absolute Gasteiger partial charge is 0.229 e. The quantitative estimate of drug-likeness (QED) is 0.560. The molecule has 192 valence electrons. The molecule has 0 aromatic carbocycles. The first kappa shape index (κ1) is 23.6. The van der Waals surface area contributed by atoms with Gasteiger partial charge < -0.3 is 15.0 Å². The summed E-state index contributed by atoms with van der Waals surface area (Å²) in [7, 11) is 0. The normalized spacial score (nSPS) is 25.8. The number of aromatic nitrogens is 3. The van der Waals surface area contributed by atoms with Crippen LogP contribution in [-0.2, 0) is 0 Å². The molecule has 1 N–H and O–H groups in total. The zero-order valence-corrected chi connectivity index (χ0v) is 21.3. The first-order valence-corrected chi connectivity index (χ1v) is 13.5. The lowest BCUT2D eigenvalue weighted by atomic mass is 9.84. The van der Waals surface area contributed by atoms with Gasteiger partial charge in [-0.15, -0.1) is 0 Å². The highest BCUT2D eigenvalue weighted by Crippen LogP contribution is 2.40. The van der Waals surface area contributed by atoms with Crippen LogP contribution in [0.5, 0.6) is 5.75 Å². The molecule has 1 aliphatic carbocycles. The van der Waals surface area contributed by atoms with Gasteiger partial charge in [-0.1, -0.05) is 6.42 Å². The lowest BCUT2D eigenvalue weighted by Crippen LogP contribution is -2.48. The van der Waals surface area contributed by atoms with Crippen molar-refractivity contribution in [2.75, 3.05) is 36.4 Å². The number of hydrogen-bond acceptors (Lipinski definition) is 8. The molecule has 3 aliphatic heterocycles. The number of fused-ring (bicyclic) bond motifs is 2. The van der Waals surface area contributed by atoms with Crippen LogP contribution in [0.3, 0.4) is 0 Å². The fourth-order valence-electron chi connectivity index (χ4n) is 5.93. The Bertz CT molecular complexity index is 1130. The molecule has 1 saturated carbocycles. The van der Waals surface area contributed by atoms with E-state index in [0.29, 0.717) is 17.6 Å². The molecule has 3 fully saturated rings. The summed E-state index contributed by atoms with van der Waals surface area (Å²) >= 11 is 0. The lowest BCUT2D eigenvalue weighted by Gasteiger charge is -2.43. The van der Waals surface area contributed by atoms with Crippen molar-refractivity contribution >= 4 is 29.5 Å². The highest BCUT2D eigenvalue weighted by molar-refractivity contribution is 5.67. The van der Waals surface area contributed by atoms with Crippen LogP contribution < -0.4 is 15.0 Å². The molecule has 2 saturated heterocycles. The molecular weight excluding hydrogens is 457 g/mol. The fourth-order valence-corrected chi connectivity index (χ4v) is 5.93. The molecule has 5 heterocycles. The van der Waals surface area contributed by atoms with E-state index >= 15 is 0 Å². The van der Waals surface area contributed by atoms with Crippen LogP contribution in [-0.4, -0.2) is 63.9 Å². The number of piperidine rings is 2. The van der Waals surface area contributed by atoms with Gasteiger partial charge in [0, 0.05) is 30.8 Å². The third-order valence-corrected chi connectivity index (χ3v) is 7.78. The molecule has 8 nitrogen and oxygen atoms in total. The number of rotatable bonds is 6. The van der Waals surface area contributed by atoms with Crippen LogP contribution in [0.15, 0.2) is 23.5 Å². The van der Waals surface area contributed by atoms with Crippen molar-refractivity contribution in [2.45, 2.75) is 70.4 Å². The van der Waals surface area contributed by atoms with Crippen molar-refractivity contribution in [3.63, 3.8) is 0 Å². The Hall–Kier alpha value is -2.81. The summed E-state index contributed by atoms with van der Waals surface area (Å²) in [6.45, 7) is 8.36. The van der Waals surface area contributed by atoms with E-state index in [4.69, 9.17) is 9.72 Å². The lowest BCUT2D eigenvalue weighted by molar-refractivity contribution is 0.0870. The SMILES string of the molecule is CC1(C)CN(CC2CC2)c2ncc(Nc3ncc(F)c(N=CC4CCCN5CCCC[C@H]45)n3)cc2O1. The van der Waals surface area contributed by atoms with Crippen LogP contribution in [0.4, 0.5) is 27.7 Å². The Labute approximate surface area is 212 Å². The maximum atomic E-state index is 14.5. The largest absolute Gasteiger partial charge is 0.482 e. The number of anilines is 3. The van der Waals surface area contributed by atoms with Crippen LogP contribution in [0.25, 0.3) is 0 Å². The summed E-state index contributed by atoms with van der Waals surface area (Å²) in [6.07, 6.45) is 13.4. The van der Waals surface area contributed by atoms with Crippen LogP contribution in [0.2, 0.25) is 0 Å². The summed E-state index contributed by atoms with van der Waals surface area (Å²) in [5, 5.41) is 3.17. The number of nitrogens with one attached hydrogen (secondary N) is 1. The van der Waals surface area contributed by atoms with E-state index in [9.17, 15) is 4.39 Å². The summed E-state index contributed by atoms with van der Waals surface area (Å²) in [5.41, 5.74) is 0.397. The van der Waals surface area contributed by atoms with Gasteiger partial charge in [0.05, 0.1) is 24.6 Å². The number of halogens is 1. The predicted octanol–water partition coefficient (Wildman–Crippen LogP) is 5.11. The summed E-state index contributed by atoms with van der Waals surface area (Å²) in [6, 6.07) is 2.45.